The Morgan fingerprint density at radius 1 is 1.50 bits per heavy atom. The van der Waals surface area contributed by atoms with Gasteiger partial charge < -0.3 is 5.73 Å². The van der Waals surface area contributed by atoms with Gasteiger partial charge in [-0.3, -0.25) is 4.98 Å². The molecule has 10 heavy (non-hydrogen) atoms. The number of rotatable bonds is 0. The van der Waals surface area contributed by atoms with Crippen LogP contribution in [0.15, 0.2) is 23.5 Å². The summed E-state index contributed by atoms with van der Waals surface area (Å²) in [6.45, 7) is 0. The van der Waals surface area contributed by atoms with Crippen LogP contribution < -0.4 is 11.2 Å². The summed E-state index contributed by atoms with van der Waals surface area (Å²) in [4.78, 5) is 7.94. The number of aliphatic imine (C=N–C) groups is 1. The Balaban J connectivity index is 2.54. The van der Waals surface area contributed by atoms with Crippen LogP contribution in [0.25, 0.3) is 0 Å². The van der Waals surface area contributed by atoms with Gasteiger partial charge in [0.15, 0.2) is 0 Å². The lowest BCUT2D eigenvalue weighted by atomic mass is 9.71. The van der Waals surface area contributed by atoms with Crippen molar-refractivity contribution in [2.75, 3.05) is 0 Å². The molecule has 2 rings (SSSR count). The van der Waals surface area contributed by atoms with Crippen LogP contribution in [0.5, 0.6) is 0 Å². The number of nitrogens with two attached hydrogens (primary N) is 1. The summed E-state index contributed by atoms with van der Waals surface area (Å²) < 4.78 is 0. The van der Waals surface area contributed by atoms with E-state index in [2.05, 4.69) is 9.98 Å². The molecule has 0 atom stereocenters. The van der Waals surface area contributed by atoms with E-state index >= 15 is 0 Å². The van der Waals surface area contributed by atoms with Crippen LogP contribution in [0.3, 0.4) is 0 Å². The summed E-state index contributed by atoms with van der Waals surface area (Å²) in [5.74, 6) is 0. The molecule has 0 aliphatic carbocycles. The Morgan fingerprint density at radius 3 is 3.20 bits per heavy atom. The van der Waals surface area contributed by atoms with Gasteiger partial charge in [-0.05, 0) is 11.5 Å². The first-order valence-electron chi connectivity index (χ1n) is 2.99. The van der Waals surface area contributed by atoms with E-state index in [1.807, 2.05) is 13.3 Å². The first kappa shape index (κ1) is 5.47. The molecule has 0 aromatic carbocycles. The fraction of sp³-hybridized carbons (Fsp3) is 0. The highest BCUT2D eigenvalue weighted by atomic mass is 14.9. The van der Waals surface area contributed by atoms with Crippen LogP contribution in [0.2, 0.25) is 0 Å². The fourth-order valence-corrected chi connectivity index (χ4v) is 0.943. The third-order valence-corrected chi connectivity index (χ3v) is 1.39. The number of fused-ring (bicyclic) bond motifs is 1. The van der Waals surface area contributed by atoms with Gasteiger partial charge in [0.1, 0.15) is 0 Å². The van der Waals surface area contributed by atoms with Gasteiger partial charge in [0.25, 0.3) is 0 Å². The molecule has 0 saturated heterocycles. The summed E-state index contributed by atoms with van der Waals surface area (Å²) in [5.41, 5.74) is 7.92. The van der Waals surface area contributed by atoms with E-state index in [4.69, 9.17) is 5.73 Å². The highest BCUT2D eigenvalue weighted by molar-refractivity contribution is 6.87. The van der Waals surface area contributed by atoms with Crippen molar-refractivity contribution in [1.82, 2.24) is 4.98 Å². The molecule has 0 bridgehead atoms. The Labute approximate surface area is 59.2 Å². The van der Waals surface area contributed by atoms with Gasteiger partial charge in [-0.1, -0.05) is 0 Å². The smallest absolute Gasteiger partial charge is 0.242 e. The SMILES string of the molecule is NC1=Nc2cnccc2[B]1. The molecular weight excluding hydrogens is 125 g/mol. The van der Waals surface area contributed by atoms with Gasteiger partial charge in [-0.2, -0.15) is 0 Å². The van der Waals surface area contributed by atoms with Crippen LogP contribution in [-0.2, 0) is 0 Å². The molecule has 2 N–H and O–H groups in total. The first-order valence-corrected chi connectivity index (χ1v) is 2.99. The number of hydrogen-bond donors (Lipinski definition) is 1. The molecule has 0 unspecified atom stereocenters. The number of hydrogen-bond acceptors (Lipinski definition) is 3. The van der Waals surface area contributed by atoms with E-state index in [9.17, 15) is 0 Å². The summed E-state index contributed by atoms with van der Waals surface area (Å²) in [5, 5.41) is 0. The van der Waals surface area contributed by atoms with Crippen molar-refractivity contribution in [3.63, 3.8) is 0 Å². The fourth-order valence-electron chi connectivity index (χ4n) is 0.943. The van der Waals surface area contributed by atoms with Crippen molar-refractivity contribution >= 4 is 24.2 Å². The molecule has 1 aromatic heterocycles. The molecule has 1 radical (unpaired) electrons. The van der Waals surface area contributed by atoms with Crippen molar-refractivity contribution in [2.45, 2.75) is 0 Å². The van der Waals surface area contributed by atoms with E-state index in [1.165, 1.54) is 0 Å². The van der Waals surface area contributed by atoms with Gasteiger partial charge >= 0.3 is 0 Å². The van der Waals surface area contributed by atoms with Gasteiger partial charge in [-0.15, -0.1) is 0 Å². The summed E-state index contributed by atoms with van der Waals surface area (Å²) >= 11 is 0. The zero-order valence-electron chi connectivity index (χ0n) is 5.28. The molecule has 3 nitrogen and oxygen atoms in total. The topological polar surface area (TPSA) is 51.3 Å². The molecule has 47 valence electrons. The predicted octanol–water partition coefficient (Wildman–Crippen LogP) is -0.629. The Kier molecular flexibility index (Phi) is 1.00. The standard InChI is InChI=1S/C6H5BN3/c8-6-7-4-1-2-9-3-5(4)10-6/h1-3H,(H2,8,10). The maximum atomic E-state index is 5.45. The van der Waals surface area contributed by atoms with E-state index in [0.29, 0.717) is 5.73 Å². The van der Waals surface area contributed by atoms with E-state index in [-0.39, 0.29) is 0 Å². The van der Waals surface area contributed by atoms with Crippen molar-refractivity contribution in [2.24, 2.45) is 10.7 Å². The Morgan fingerprint density at radius 2 is 2.40 bits per heavy atom. The molecule has 1 aliphatic rings. The van der Waals surface area contributed by atoms with Crippen molar-refractivity contribution in [3.8, 4) is 0 Å². The zero-order chi connectivity index (χ0) is 6.97. The minimum absolute atomic E-state index is 0.558. The van der Waals surface area contributed by atoms with Crippen molar-refractivity contribution < 1.29 is 0 Å². The second-order valence-corrected chi connectivity index (χ2v) is 2.12. The molecule has 0 amide bonds. The number of nitrogens with zero attached hydrogens (tertiary/aromatic N) is 2. The quantitative estimate of drug-likeness (QED) is 0.475. The Hall–Kier alpha value is -1.32. The van der Waals surface area contributed by atoms with Crippen molar-refractivity contribution in [3.05, 3.63) is 18.5 Å². The highest BCUT2D eigenvalue weighted by Crippen LogP contribution is 2.08. The predicted molar refractivity (Wildman–Crippen MR) is 40.9 cm³/mol. The minimum Gasteiger partial charge on any atom is -0.395 e. The largest absolute Gasteiger partial charge is 0.395 e. The maximum absolute atomic E-state index is 5.45. The van der Waals surface area contributed by atoms with Gasteiger partial charge in [0.05, 0.1) is 17.6 Å². The lowest BCUT2D eigenvalue weighted by Crippen LogP contribution is -2.24. The molecule has 4 heteroatoms. The minimum atomic E-state index is 0.558. The summed E-state index contributed by atoms with van der Waals surface area (Å²) in [6.07, 6.45) is 3.43. The van der Waals surface area contributed by atoms with Gasteiger partial charge in [0.2, 0.25) is 7.28 Å². The number of amidine groups is 1. The zero-order valence-corrected chi connectivity index (χ0v) is 5.28. The second kappa shape index (κ2) is 1.83. The van der Waals surface area contributed by atoms with Crippen molar-refractivity contribution in [1.29, 1.82) is 0 Å². The van der Waals surface area contributed by atoms with Crippen LogP contribution in [-0.4, -0.2) is 18.0 Å². The monoisotopic (exact) mass is 130 g/mol. The van der Waals surface area contributed by atoms with Gasteiger partial charge in [-0.25, -0.2) is 4.99 Å². The third-order valence-electron chi connectivity index (χ3n) is 1.39. The molecule has 0 spiro atoms. The summed E-state index contributed by atoms with van der Waals surface area (Å²) in [7, 11) is 1.83. The lowest BCUT2D eigenvalue weighted by Gasteiger charge is -1.90. The van der Waals surface area contributed by atoms with E-state index < -0.39 is 0 Å². The molecule has 0 fully saturated rings. The maximum Gasteiger partial charge on any atom is 0.242 e. The average molecular weight is 130 g/mol. The molecule has 1 aliphatic heterocycles. The van der Waals surface area contributed by atoms with Crippen LogP contribution >= 0.6 is 0 Å². The lowest BCUT2D eigenvalue weighted by molar-refractivity contribution is 1.32. The van der Waals surface area contributed by atoms with E-state index in [1.54, 1.807) is 12.4 Å². The number of pyridine rings is 1. The highest BCUT2D eigenvalue weighted by Gasteiger charge is 2.11. The Bertz CT molecular complexity index is 295. The first-order chi connectivity index (χ1) is 4.86. The normalized spacial score (nSPS) is 13.8. The van der Waals surface area contributed by atoms with Crippen LogP contribution in [0.4, 0.5) is 5.69 Å². The molecule has 1 aromatic rings. The average Bonchev–Trinajstić information content (AvgIpc) is 2.27. The number of aromatic nitrogens is 1. The van der Waals surface area contributed by atoms with Gasteiger partial charge in [0, 0.05) is 6.20 Å². The van der Waals surface area contributed by atoms with Crippen LogP contribution in [0, 0.1) is 0 Å². The van der Waals surface area contributed by atoms with E-state index in [0.717, 1.165) is 11.2 Å². The van der Waals surface area contributed by atoms with Crippen LogP contribution in [0.1, 0.15) is 0 Å². The third kappa shape index (κ3) is 0.691. The second-order valence-electron chi connectivity index (χ2n) is 2.12. The summed E-state index contributed by atoms with van der Waals surface area (Å²) in [6, 6.07) is 1.89. The molecule has 2 heterocycles. The molecular formula is C6H5BN3. The molecule has 0 saturated carbocycles.